The van der Waals surface area contributed by atoms with E-state index in [4.69, 9.17) is 16.3 Å². The van der Waals surface area contributed by atoms with Crippen molar-refractivity contribution in [3.8, 4) is 0 Å². The van der Waals surface area contributed by atoms with Crippen LogP contribution < -0.4 is 10.2 Å². The van der Waals surface area contributed by atoms with Crippen LogP contribution in [0.3, 0.4) is 0 Å². The highest BCUT2D eigenvalue weighted by molar-refractivity contribution is 6.31. The van der Waals surface area contributed by atoms with E-state index in [0.29, 0.717) is 16.4 Å². The fourth-order valence-corrected chi connectivity index (χ4v) is 3.31. The molecule has 3 rings (SSSR count). The van der Waals surface area contributed by atoms with Crippen molar-refractivity contribution in [2.24, 2.45) is 5.92 Å². The highest BCUT2D eigenvalue weighted by atomic mass is 35.5. The number of aryl methyl sites for hydroxylation is 2. The summed E-state index contributed by atoms with van der Waals surface area (Å²) < 4.78 is 5.12. The van der Waals surface area contributed by atoms with Crippen LogP contribution in [0.4, 0.5) is 11.4 Å². The van der Waals surface area contributed by atoms with Gasteiger partial charge in [0.25, 0.3) is 5.91 Å². The Morgan fingerprint density at radius 2 is 1.93 bits per heavy atom. The zero-order valence-corrected chi connectivity index (χ0v) is 17.2. The van der Waals surface area contributed by atoms with Gasteiger partial charge in [-0.15, -0.1) is 0 Å². The molecule has 0 bridgehead atoms. The van der Waals surface area contributed by atoms with Crippen LogP contribution >= 0.6 is 11.6 Å². The fraction of sp³-hybridized carbons (Fsp3) is 0.318. The number of anilines is 2. The van der Waals surface area contributed by atoms with E-state index >= 15 is 0 Å². The number of rotatable bonds is 6. The molecule has 0 aliphatic carbocycles. The van der Waals surface area contributed by atoms with Crippen molar-refractivity contribution < 1.29 is 19.1 Å². The number of carbonyl (C=O) groups excluding carboxylic acids is 3. The molecule has 1 atom stereocenters. The molecule has 1 aliphatic heterocycles. The highest BCUT2D eigenvalue weighted by Crippen LogP contribution is 2.29. The molecule has 29 heavy (non-hydrogen) atoms. The van der Waals surface area contributed by atoms with Gasteiger partial charge in [0.15, 0.2) is 6.61 Å². The van der Waals surface area contributed by atoms with Gasteiger partial charge in [0, 0.05) is 29.4 Å². The molecule has 1 saturated heterocycles. The summed E-state index contributed by atoms with van der Waals surface area (Å²) in [7, 11) is 0. The normalized spacial score (nSPS) is 16.0. The molecular formula is C22H23ClN2O4. The monoisotopic (exact) mass is 414 g/mol. The zero-order chi connectivity index (χ0) is 21.0. The number of hydrogen-bond acceptors (Lipinski definition) is 4. The van der Waals surface area contributed by atoms with Gasteiger partial charge in [0.05, 0.1) is 5.92 Å². The van der Waals surface area contributed by atoms with E-state index < -0.39 is 24.4 Å². The van der Waals surface area contributed by atoms with Crippen LogP contribution in [0.15, 0.2) is 42.5 Å². The van der Waals surface area contributed by atoms with Crippen molar-refractivity contribution in [3.63, 3.8) is 0 Å². The summed E-state index contributed by atoms with van der Waals surface area (Å²) in [5.41, 5.74) is 3.36. The van der Waals surface area contributed by atoms with E-state index in [2.05, 4.69) is 12.2 Å². The third-order valence-electron chi connectivity index (χ3n) is 4.92. The summed E-state index contributed by atoms with van der Waals surface area (Å²) in [4.78, 5) is 38.2. The third kappa shape index (κ3) is 5.15. The smallest absolute Gasteiger partial charge is 0.311 e. The van der Waals surface area contributed by atoms with Crippen LogP contribution in [0, 0.1) is 12.8 Å². The molecule has 7 heteroatoms. The number of benzene rings is 2. The second-order valence-corrected chi connectivity index (χ2v) is 7.45. The Bertz CT molecular complexity index is 927. The fourth-order valence-electron chi connectivity index (χ4n) is 3.14. The molecule has 0 unspecified atom stereocenters. The minimum absolute atomic E-state index is 0.0461. The Kier molecular flexibility index (Phi) is 6.54. The lowest BCUT2D eigenvalue weighted by Crippen LogP contribution is -2.28. The van der Waals surface area contributed by atoms with E-state index in [1.165, 1.54) is 10.5 Å². The van der Waals surface area contributed by atoms with Gasteiger partial charge < -0.3 is 15.0 Å². The highest BCUT2D eigenvalue weighted by Gasteiger charge is 2.36. The molecule has 0 radical (unpaired) electrons. The molecule has 0 saturated carbocycles. The van der Waals surface area contributed by atoms with Gasteiger partial charge in [-0.25, -0.2) is 0 Å². The lowest BCUT2D eigenvalue weighted by molar-refractivity contribution is -0.151. The Morgan fingerprint density at radius 1 is 1.21 bits per heavy atom. The molecule has 152 valence electrons. The molecular weight excluding hydrogens is 392 g/mol. The molecule has 6 nitrogen and oxygen atoms in total. The molecule has 1 fully saturated rings. The second kappa shape index (κ2) is 9.09. The first-order valence-electron chi connectivity index (χ1n) is 9.49. The predicted molar refractivity (Wildman–Crippen MR) is 112 cm³/mol. The van der Waals surface area contributed by atoms with Gasteiger partial charge >= 0.3 is 5.97 Å². The van der Waals surface area contributed by atoms with Gasteiger partial charge in [-0.1, -0.05) is 36.7 Å². The Balaban J connectivity index is 1.52. The standard InChI is InChI=1S/C22H23ClN2O4/c1-3-15-5-7-17(8-6-15)24-20(26)13-29-22(28)16-10-21(27)25(12-16)18-9-4-14(2)19(23)11-18/h4-9,11,16H,3,10,12-13H2,1-2H3,(H,24,26)/t16-/m0/s1. The number of esters is 1. The Labute approximate surface area is 174 Å². The van der Waals surface area contributed by atoms with Gasteiger partial charge in [-0.05, 0) is 48.7 Å². The number of nitrogens with zero attached hydrogens (tertiary/aromatic N) is 1. The van der Waals surface area contributed by atoms with E-state index in [9.17, 15) is 14.4 Å². The number of ether oxygens (including phenoxy) is 1. The second-order valence-electron chi connectivity index (χ2n) is 7.05. The van der Waals surface area contributed by atoms with Crippen LogP contribution in [-0.4, -0.2) is 30.9 Å². The van der Waals surface area contributed by atoms with E-state index in [0.717, 1.165) is 12.0 Å². The maximum atomic E-state index is 12.3. The minimum Gasteiger partial charge on any atom is -0.455 e. The molecule has 0 spiro atoms. The maximum absolute atomic E-state index is 12.3. The van der Waals surface area contributed by atoms with Crippen molar-refractivity contribution in [3.05, 3.63) is 58.6 Å². The molecule has 2 aromatic rings. The lowest BCUT2D eigenvalue weighted by Gasteiger charge is -2.17. The van der Waals surface area contributed by atoms with Crippen LogP contribution in [0.1, 0.15) is 24.5 Å². The molecule has 2 aromatic carbocycles. The van der Waals surface area contributed by atoms with Crippen molar-refractivity contribution >= 4 is 40.8 Å². The number of hydrogen-bond donors (Lipinski definition) is 1. The van der Waals surface area contributed by atoms with Crippen molar-refractivity contribution in [2.75, 3.05) is 23.4 Å². The Hall–Kier alpha value is -2.86. The van der Waals surface area contributed by atoms with Crippen LogP contribution in [0.25, 0.3) is 0 Å². The molecule has 1 N–H and O–H groups in total. The largest absolute Gasteiger partial charge is 0.455 e. The average Bonchev–Trinajstić information content (AvgIpc) is 3.10. The predicted octanol–water partition coefficient (Wildman–Crippen LogP) is 3.75. The van der Waals surface area contributed by atoms with Crippen LogP contribution in [-0.2, 0) is 25.5 Å². The first kappa shape index (κ1) is 20.9. The molecule has 0 aromatic heterocycles. The van der Waals surface area contributed by atoms with Crippen molar-refractivity contribution in [1.29, 1.82) is 0 Å². The van der Waals surface area contributed by atoms with Gasteiger partial charge in [0.2, 0.25) is 5.91 Å². The zero-order valence-electron chi connectivity index (χ0n) is 16.4. The summed E-state index contributed by atoms with van der Waals surface area (Å²) in [6.45, 7) is 3.74. The number of amides is 2. The van der Waals surface area contributed by atoms with Crippen molar-refractivity contribution in [2.45, 2.75) is 26.7 Å². The summed E-state index contributed by atoms with van der Waals surface area (Å²) >= 11 is 6.13. The molecule has 1 heterocycles. The Morgan fingerprint density at radius 3 is 2.59 bits per heavy atom. The van der Waals surface area contributed by atoms with Gasteiger partial charge in [0.1, 0.15) is 0 Å². The first-order valence-corrected chi connectivity index (χ1v) is 9.87. The number of carbonyl (C=O) groups is 3. The third-order valence-corrected chi connectivity index (χ3v) is 5.32. The van der Waals surface area contributed by atoms with E-state index in [1.54, 1.807) is 24.3 Å². The quantitative estimate of drug-likeness (QED) is 0.730. The summed E-state index contributed by atoms with van der Waals surface area (Å²) in [6.07, 6.45) is 0.961. The van der Waals surface area contributed by atoms with E-state index in [1.807, 2.05) is 25.1 Å². The summed E-state index contributed by atoms with van der Waals surface area (Å²) in [5, 5.41) is 3.25. The summed E-state index contributed by atoms with van der Waals surface area (Å²) in [5.74, 6) is -1.77. The van der Waals surface area contributed by atoms with Crippen molar-refractivity contribution in [1.82, 2.24) is 0 Å². The first-order chi connectivity index (χ1) is 13.9. The topological polar surface area (TPSA) is 75.7 Å². The average molecular weight is 415 g/mol. The maximum Gasteiger partial charge on any atom is 0.311 e. The minimum atomic E-state index is -0.612. The van der Waals surface area contributed by atoms with Crippen LogP contribution in [0.2, 0.25) is 5.02 Å². The summed E-state index contributed by atoms with van der Waals surface area (Å²) in [6, 6.07) is 12.8. The van der Waals surface area contributed by atoms with Crippen LogP contribution in [0.5, 0.6) is 0 Å². The molecule has 2 amide bonds. The van der Waals surface area contributed by atoms with Gasteiger partial charge in [-0.3, -0.25) is 14.4 Å². The van der Waals surface area contributed by atoms with E-state index in [-0.39, 0.29) is 18.9 Å². The SMILES string of the molecule is CCc1ccc(NC(=O)COC(=O)[C@H]2CC(=O)N(c3ccc(C)c(Cl)c3)C2)cc1. The van der Waals surface area contributed by atoms with Gasteiger partial charge in [-0.2, -0.15) is 0 Å². The molecule has 1 aliphatic rings. The number of nitrogens with one attached hydrogen (secondary N) is 1. The lowest BCUT2D eigenvalue weighted by atomic mass is 10.1. The number of halogens is 1.